The number of hydrogen-bond donors (Lipinski definition) is 2. The Morgan fingerprint density at radius 3 is 3.05 bits per heavy atom. The summed E-state index contributed by atoms with van der Waals surface area (Å²) in [5, 5.41) is 6.65. The zero-order valence-electron chi connectivity index (χ0n) is 12.8. The molecular formula is C16H24N4O. The highest BCUT2D eigenvalue weighted by atomic mass is 16.5. The molecule has 0 aliphatic carbocycles. The highest BCUT2D eigenvalue weighted by molar-refractivity contribution is 5.80. The zero-order valence-corrected chi connectivity index (χ0v) is 12.8. The van der Waals surface area contributed by atoms with Gasteiger partial charge in [0.05, 0.1) is 12.8 Å². The van der Waals surface area contributed by atoms with Crippen LogP contribution >= 0.6 is 0 Å². The van der Waals surface area contributed by atoms with Gasteiger partial charge < -0.3 is 20.3 Å². The third-order valence-corrected chi connectivity index (χ3v) is 3.59. The van der Waals surface area contributed by atoms with Gasteiger partial charge in [-0.2, -0.15) is 0 Å². The molecule has 0 amide bonds. The smallest absolute Gasteiger partial charge is 0.191 e. The Morgan fingerprint density at radius 2 is 2.33 bits per heavy atom. The second kappa shape index (κ2) is 7.57. The molecule has 2 rings (SSSR count). The summed E-state index contributed by atoms with van der Waals surface area (Å²) in [5.74, 6) is 1.74. The molecule has 1 atom stereocenters. The van der Waals surface area contributed by atoms with E-state index in [4.69, 9.17) is 4.74 Å². The van der Waals surface area contributed by atoms with Crippen molar-refractivity contribution in [3.8, 4) is 5.75 Å². The topological polar surface area (TPSA) is 48.9 Å². The molecule has 0 saturated carbocycles. The lowest BCUT2D eigenvalue weighted by Crippen LogP contribution is -2.44. The highest BCUT2D eigenvalue weighted by Gasteiger charge is 2.25. The fourth-order valence-corrected chi connectivity index (χ4v) is 2.54. The first-order chi connectivity index (χ1) is 10.3. The van der Waals surface area contributed by atoms with Crippen molar-refractivity contribution in [2.45, 2.75) is 12.5 Å². The third kappa shape index (κ3) is 3.90. The molecule has 5 nitrogen and oxygen atoms in total. The maximum Gasteiger partial charge on any atom is 0.191 e. The van der Waals surface area contributed by atoms with E-state index in [-0.39, 0.29) is 0 Å². The van der Waals surface area contributed by atoms with E-state index in [0.717, 1.165) is 36.9 Å². The Kier molecular flexibility index (Phi) is 5.49. The lowest BCUT2D eigenvalue weighted by atomic mass is 10.2. The number of anilines is 1. The zero-order chi connectivity index (χ0) is 15.1. The summed E-state index contributed by atoms with van der Waals surface area (Å²) in [4.78, 5) is 6.57. The number of benzene rings is 1. The van der Waals surface area contributed by atoms with Crippen LogP contribution in [-0.2, 0) is 0 Å². The Morgan fingerprint density at radius 1 is 1.52 bits per heavy atom. The van der Waals surface area contributed by atoms with Crippen LogP contribution in [0.5, 0.6) is 5.75 Å². The molecule has 1 heterocycles. The molecule has 1 aromatic rings. The van der Waals surface area contributed by atoms with E-state index in [1.807, 2.05) is 24.3 Å². The second-order valence-electron chi connectivity index (χ2n) is 4.99. The number of rotatable bonds is 5. The van der Waals surface area contributed by atoms with Gasteiger partial charge in [-0.05, 0) is 18.6 Å². The third-order valence-electron chi connectivity index (χ3n) is 3.59. The maximum absolute atomic E-state index is 5.44. The van der Waals surface area contributed by atoms with Crippen LogP contribution in [0.2, 0.25) is 0 Å². The van der Waals surface area contributed by atoms with Crippen LogP contribution < -0.4 is 20.3 Å². The van der Waals surface area contributed by atoms with Crippen molar-refractivity contribution in [2.24, 2.45) is 4.99 Å². The molecule has 5 heteroatoms. The van der Waals surface area contributed by atoms with E-state index < -0.39 is 0 Å². The normalized spacial score (nSPS) is 18.5. The Bertz CT molecular complexity index is 501. The Hall–Kier alpha value is -2.17. The molecule has 0 spiro atoms. The molecule has 0 bridgehead atoms. The van der Waals surface area contributed by atoms with Gasteiger partial charge in [0.15, 0.2) is 5.96 Å². The predicted octanol–water partition coefficient (Wildman–Crippen LogP) is 1.62. The van der Waals surface area contributed by atoms with Crippen LogP contribution in [0.1, 0.15) is 6.42 Å². The number of hydrogen-bond acceptors (Lipinski definition) is 3. The number of guanidine groups is 1. The van der Waals surface area contributed by atoms with Crippen LogP contribution in [0, 0.1) is 0 Å². The largest absolute Gasteiger partial charge is 0.495 e. The van der Waals surface area contributed by atoms with E-state index in [9.17, 15) is 0 Å². The number of nitrogens with zero attached hydrogens (tertiary/aromatic N) is 2. The minimum absolute atomic E-state index is 0.380. The Balaban J connectivity index is 1.95. The molecule has 1 fully saturated rings. The quantitative estimate of drug-likeness (QED) is 0.491. The standard InChI is InChI=1S/C16H24N4O/c1-4-10-18-16(17-2)19-13-9-11-20(12-13)14-7-5-6-8-15(14)21-3/h4-8,13H,1,9-12H2,2-3H3,(H2,17,18,19). The Labute approximate surface area is 126 Å². The van der Waals surface area contributed by atoms with Gasteiger partial charge in [0.25, 0.3) is 0 Å². The summed E-state index contributed by atoms with van der Waals surface area (Å²) >= 11 is 0. The van der Waals surface area contributed by atoms with Gasteiger partial charge >= 0.3 is 0 Å². The van der Waals surface area contributed by atoms with Gasteiger partial charge in [-0.25, -0.2) is 0 Å². The average molecular weight is 288 g/mol. The van der Waals surface area contributed by atoms with Gasteiger partial charge in [-0.1, -0.05) is 18.2 Å². The van der Waals surface area contributed by atoms with E-state index in [1.54, 1.807) is 14.2 Å². The molecule has 2 N–H and O–H groups in total. The first-order valence-corrected chi connectivity index (χ1v) is 7.24. The molecular weight excluding hydrogens is 264 g/mol. The lowest BCUT2D eigenvalue weighted by Gasteiger charge is -2.22. The number of ether oxygens (including phenoxy) is 1. The minimum atomic E-state index is 0.380. The van der Waals surface area contributed by atoms with Crippen LogP contribution in [0.25, 0.3) is 0 Å². The predicted molar refractivity (Wildman–Crippen MR) is 88.3 cm³/mol. The second-order valence-corrected chi connectivity index (χ2v) is 4.99. The number of para-hydroxylation sites is 2. The van der Waals surface area contributed by atoms with E-state index in [1.165, 1.54) is 0 Å². The van der Waals surface area contributed by atoms with Crippen molar-refractivity contribution in [1.29, 1.82) is 0 Å². The first-order valence-electron chi connectivity index (χ1n) is 7.24. The van der Waals surface area contributed by atoms with E-state index >= 15 is 0 Å². The van der Waals surface area contributed by atoms with E-state index in [0.29, 0.717) is 12.6 Å². The van der Waals surface area contributed by atoms with Crippen molar-refractivity contribution in [3.05, 3.63) is 36.9 Å². The maximum atomic E-state index is 5.44. The summed E-state index contributed by atoms with van der Waals surface area (Å²) in [6.07, 6.45) is 2.90. The van der Waals surface area contributed by atoms with Gasteiger partial charge in [0, 0.05) is 32.7 Å². The molecule has 0 aromatic heterocycles. The molecule has 0 radical (unpaired) electrons. The minimum Gasteiger partial charge on any atom is -0.495 e. The summed E-state index contributed by atoms with van der Waals surface area (Å²) in [6.45, 7) is 6.36. The summed E-state index contributed by atoms with van der Waals surface area (Å²) in [5.41, 5.74) is 1.15. The molecule has 114 valence electrons. The summed E-state index contributed by atoms with van der Waals surface area (Å²) in [7, 11) is 3.50. The van der Waals surface area contributed by atoms with Crippen molar-refractivity contribution in [3.63, 3.8) is 0 Å². The number of methoxy groups -OCH3 is 1. The van der Waals surface area contributed by atoms with E-state index in [2.05, 4.69) is 33.2 Å². The fraction of sp³-hybridized carbons (Fsp3) is 0.438. The van der Waals surface area contributed by atoms with Gasteiger partial charge in [0.2, 0.25) is 0 Å². The molecule has 21 heavy (non-hydrogen) atoms. The highest BCUT2D eigenvalue weighted by Crippen LogP contribution is 2.30. The summed E-state index contributed by atoms with van der Waals surface area (Å²) < 4.78 is 5.44. The first kappa shape index (κ1) is 15.2. The summed E-state index contributed by atoms with van der Waals surface area (Å²) in [6, 6.07) is 8.52. The molecule has 1 saturated heterocycles. The monoisotopic (exact) mass is 288 g/mol. The molecule has 1 aromatic carbocycles. The fourth-order valence-electron chi connectivity index (χ4n) is 2.54. The lowest BCUT2D eigenvalue weighted by molar-refractivity contribution is 0.415. The van der Waals surface area contributed by atoms with Crippen LogP contribution in [-0.4, -0.2) is 45.8 Å². The number of nitrogens with one attached hydrogen (secondary N) is 2. The van der Waals surface area contributed by atoms with Crippen LogP contribution in [0.4, 0.5) is 5.69 Å². The molecule has 1 aliphatic heterocycles. The van der Waals surface area contributed by atoms with Gasteiger partial charge in [-0.15, -0.1) is 6.58 Å². The molecule has 1 aliphatic rings. The SMILES string of the molecule is C=CCNC(=NC)NC1CCN(c2ccccc2OC)C1. The van der Waals surface area contributed by atoms with Crippen molar-refractivity contribution in [1.82, 2.24) is 10.6 Å². The van der Waals surface area contributed by atoms with Crippen molar-refractivity contribution < 1.29 is 4.74 Å². The van der Waals surface area contributed by atoms with Gasteiger partial charge in [-0.3, -0.25) is 4.99 Å². The van der Waals surface area contributed by atoms with Crippen LogP contribution in [0.15, 0.2) is 41.9 Å². The molecule has 1 unspecified atom stereocenters. The number of aliphatic imine (C=N–C) groups is 1. The average Bonchev–Trinajstić information content (AvgIpc) is 2.99. The van der Waals surface area contributed by atoms with Crippen molar-refractivity contribution >= 4 is 11.6 Å². The van der Waals surface area contributed by atoms with Crippen LogP contribution in [0.3, 0.4) is 0 Å². The van der Waals surface area contributed by atoms with Crippen molar-refractivity contribution in [2.75, 3.05) is 38.7 Å². The van der Waals surface area contributed by atoms with Gasteiger partial charge in [0.1, 0.15) is 5.75 Å².